The van der Waals surface area contributed by atoms with Gasteiger partial charge in [0.2, 0.25) is 0 Å². The third-order valence-corrected chi connectivity index (χ3v) is 4.84. The Morgan fingerprint density at radius 1 is 1.44 bits per heavy atom. The minimum absolute atomic E-state index is 0. The maximum Gasteiger partial charge on any atom is 0.409 e. The van der Waals surface area contributed by atoms with Gasteiger partial charge in [0.25, 0.3) is 0 Å². The third-order valence-electron chi connectivity index (χ3n) is 4.00. The predicted octanol–water partition coefficient (Wildman–Crippen LogP) is 2.98. The molecule has 1 fully saturated rings. The van der Waals surface area contributed by atoms with Crippen LogP contribution in [0.4, 0.5) is 4.79 Å². The number of nitrogens with one attached hydrogen (secondary N) is 1. The second-order valence-corrected chi connectivity index (χ2v) is 6.40. The molecule has 1 saturated heterocycles. The van der Waals surface area contributed by atoms with Crippen molar-refractivity contribution in [2.75, 3.05) is 19.7 Å². The van der Waals surface area contributed by atoms with E-state index in [1.165, 1.54) is 0 Å². The van der Waals surface area contributed by atoms with Gasteiger partial charge in [0.15, 0.2) is 5.96 Å². The van der Waals surface area contributed by atoms with E-state index in [1.54, 1.807) is 22.5 Å². The van der Waals surface area contributed by atoms with E-state index in [2.05, 4.69) is 10.3 Å². The number of hydrogen-bond donors (Lipinski definition) is 2. The van der Waals surface area contributed by atoms with Gasteiger partial charge in [0.1, 0.15) is 5.15 Å². The molecule has 0 spiro atoms. The van der Waals surface area contributed by atoms with Crippen molar-refractivity contribution in [1.29, 1.82) is 0 Å². The summed E-state index contributed by atoms with van der Waals surface area (Å²) in [4.78, 5) is 17.7. The lowest BCUT2D eigenvalue weighted by Gasteiger charge is -2.31. The van der Waals surface area contributed by atoms with Crippen molar-refractivity contribution in [3.63, 3.8) is 0 Å². The van der Waals surface area contributed by atoms with Crippen LogP contribution in [-0.4, -0.2) is 47.3 Å². The fourth-order valence-corrected chi connectivity index (χ4v) is 3.00. The monoisotopic (exact) mass is 503 g/mol. The Balaban J connectivity index is 0.00000312. The Labute approximate surface area is 174 Å². The summed E-state index contributed by atoms with van der Waals surface area (Å²) in [7, 11) is 1.83. The summed E-state index contributed by atoms with van der Waals surface area (Å²) in [5, 5.41) is 4.18. The highest BCUT2D eigenvalue weighted by atomic mass is 127. The predicted molar refractivity (Wildman–Crippen MR) is 111 cm³/mol. The Morgan fingerprint density at radius 3 is 2.60 bits per heavy atom. The normalized spacial score (nSPS) is 15.7. The van der Waals surface area contributed by atoms with E-state index < -0.39 is 0 Å². The quantitative estimate of drug-likeness (QED) is 0.376. The summed E-state index contributed by atoms with van der Waals surface area (Å²) in [5.41, 5.74) is 6.83. The summed E-state index contributed by atoms with van der Waals surface area (Å²) in [6.07, 6.45) is 1.35. The number of aliphatic imine (C=N–C) groups is 1. The first-order valence-electron chi connectivity index (χ1n) is 7.90. The largest absolute Gasteiger partial charge is 0.450 e. The molecule has 1 aliphatic rings. The number of likely N-dealkylation sites (tertiary alicyclic amines) is 1. The minimum Gasteiger partial charge on any atom is -0.450 e. The minimum atomic E-state index is -0.255. The number of carbonyl (C=O) groups excluding carboxylic acids is 1. The van der Waals surface area contributed by atoms with Gasteiger partial charge in [0.05, 0.1) is 18.2 Å². The SMILES string of the molecule is CCOC(=O)N1CCC(NC(N)=NCc2cc(Cl)c(Cl)n2C)CC1.I. The lowest BCUT2D eigenvalue weighted by molar-refractivity contribution is 0.0963. The van der Waals surface area contributed by atoms with Crippen molar-refractivity contribution in [2.45, 2.75) is 32.4 Å². The number of carbonyl (C=O) groups is 1. The van der Waals surface area contributed by atoms with Gasteiger partial charge in [0, 0.05) is 31.9 Å². The van der Waals surface area contributed by atoms with Gasteiger partial charge >= 0.3 is 6.09 Å². The molecule has 1 aromatic heterocycles. The second kappa shape index (κ2) is 10.3. The van der Waals surface area contributed by atoms with Crippen molar-refractivity contribution in [1.82, 2.24) is 14.8 Å². The molecule has 10 heteroatoms. The first-order chi connectivity index (χ1) is 11.4. The molecule has 0 unspecified atom stereocenters. The first-order valence-corrected chi connectivity index (χ1v) is 8.65. The summed E-state index contributed by atoms with van der Waals surface area (Å²) < 4.78 is 6.78. The van der Waals surface area contributed by atoms with E-state index in [9.17, 15) is 4.79 Å². The number of hydrogen-bond acceptors (Lipinski definition) is 3. The molecular weight excluding hydrogens is 480 g/mol. The molecule has 7 nitrogen and oxygen atoms in total. The van der Waals surface area contributed by atoms with Crippen LogP contribution in [0.25, 0.3) is 0 Å². The van der Waals surface area contributed by atoms with E-state index in [1.807, 2.05) is 7.05 Å². The standard InChI is InChI=1S/C15H23Cl2N5O2.HI/c1-3-24-15(23)22-6-4-10(5-7-22)20-14(18)19-9-11-8-12(16)13(17)21(11)2;/h8,10H,3-7,9H2,1-2H3,(H3,18,19,20);1H. The molecule has 25 heavy (non-hydrogen) atoms. The van der Waals surface area contributed by atoms with Crippen molar-refractivity contribution in [3.8, 4) is 0 Å². The number of aromatic nitrogens is 1. The van der Waals surface area contributed by atoms with Gasteiger partial charge in [-0.25, -0.2) is 9.79 Å². The number of amides is 1. The zero-order chi connectivity index (χ0) is 17.7. The molecule has 2 rings (SSSR count). The van der Waals surface area contributed by atoms with Crippen LogP contribution < -0.4 is 11.1 Å². The molecule has 0 bridgehead atoms. The zero-order valence-electron chi connectivity index (χ0n) is 14.3. The highest BCUT2D eigenvalue weighted by Crippen LogP contribution is 2.25. The Bertz CT molecular complexity index is 615. The van der Waals surface area contributed by atoms with Crippen LogP contribution in [0.5, 0.6) is 0 Å². The summed E-state index contributed by atoms with van der Waals surface area (Å²) >= 11 is 12.0. The summed E-state index contributed by atoms with van der Waals surface area (Å²) in [5.74, 6) is 0.373. The maximum absolute atomic E-state index is 11.7. The van der Waals surface area contributed by atoms with Crippen molar-refractivity contribution >= 4 is 59.2 Å². The van der Waals surface area contributed by atoms with Gasteiger partial charge in [-0.1, -0.05) is 23.2 Å². The van der Waals surface area contributed by atoms with Gasteiger partial charge < -0.3 is 25.3 Å². The van der Waals surface area contributed by atoms with E-state index in [0.717, 1.165) is 18.5 Å². The number of nitrogens with two attached hydrogens (primary N) is 1. The lowest BCUT2D eigenvalue weighted by Crippen LogP contribution is -2.48. The summed E-state index contributed by atoms with van der Waals surface area (Å²) in [6.45, 7) is 3.88. The summed E-state index contributed by atoms with van der Waals surface area (Å²) in [6, 6.07) is 1.97. The van der Waals surface area contributed by atoms with E-state index in [0.29, 0.717) is 42.4 Å². The van der Waals surface area contributed by atoms with Crippen LogP contribution in [0, 0.1) is 0 Å². The van der Waals surface area contributed by atoms with Crippen molar-refractivity contribution < 1.29 is 9.53 Å². The smallest absolute Gasteiger partial charge is 0.409 e. The molecule has 2 heterocycles. The Hall–Kier alpha value is -0.870. The van der Waals surface area contributed by atoms with Crippen LogP contribution >= 0.6 is 47.2 Å². The van der Waals surface area contributed by atoms with Crippen LogP contribution in [0.1, 0.15) is 25.5 Å². The molecule has 0 aromatic carbocycles. The van der Waals surface area contributed by atoms with Crippen molar-refractivity contribution in [2.24, 2.45) is 17.8 Å². The zero-order valence-corrected chi connectivity index (χ0v) is 18.1. The lowest BCUT2D eigenvalue weighted by atomic mass is 10.1. The third kappa shape index (κ3) is 6.10. The van der Waals surface area contributed by atoms with Gasteiger partial charge in [-0.05, 0) is 25.8 Å². The molecule has 0 aliphatic carbocycles. The molecule has 0 atom stereocenters. The average Bonchev–Trinajstić information content (AvgIpc) is 2.81. The Morgan fingerprint density at radius 2 is 2.08 bits per heavy atom. The number of rotatable bonds is 4. The number of ether oxygens (including phenoxy) is 1. The van der Waals surface area contributed by atoms with Gasteiger partial charge in [-0.3, -0.25) is 0 Å². The number of halogens is 3. The number of nitrogens with zero attached hydrogens (tertiary/aromatic N) is 3. The number of piperidine rings is 1. The van der Waals surface area contributed by atoms with Gasteiger partial charge in [-0.2, -0.15) is 0 Å². The molecule has 1 aromatic rings. The molecule has 0 radical (unpaired) electrons. The average molecular weight is 504 g/mol. The van der Waals surface area contributed by atoms with Crippen LogP contribution in [0.15, 0.2) is 11.1 Å². The second-order valence-electron chi connectivity index (χ2n) is 5.64. The number of guanidine groups is 1. The van der Waals surface area contributed by atoms with E-state index in [4.69, 9.17) is 33.7 Å². The molecule has 1 amide bonds. The molecule has 0 saturated carbocycles. The molecule has 1 aliphatic heterocycles. The first kappa shape index (κ1) is 22.2. The fourth-order valence-electron chi connectivity index (χ4n) is 2.58. The van der Waals surface area contributed by atoms with Crippen molar-refractivity contribution in [3.05, 3.63) is 21.9 Å². The highest BCUT2D eigenvalue weighted by Gasteiger charge is 2.23. The molecular formula is C15H24Cl2IN5O2. The Kier molecular flexibility index (Phi) is 9.15. The topological polar surface area (TPSA) is 84.9 Å². The van der Waals surface area contributed by atoms with Crippen LogP contribution in [-0.2, 0) is 18.3 Å². The van der Waals surface area contributed by atoms with Gasteiger partial charge in [-0.15, -0.1) is 24.0 Å². The fraction of sp³-hybridized carbons (Fsp3) is 0.600. The highest BCUT2D eigenvalue weighted by molar-refractivity contribution is 14.0. The van der Waals surface area contributed by atoms with E-state index in [-0.39, 0.29) is 36.1 Å². The van der Waals surface area contributed by atoms with Crippen LogP contribution in [0.3, 0.4) is 0 Å². The molecule has 3 N–H and O–H groups in total. The van der Waals surface area contributed by atoms with E-state index >= 15 is 0 Å². The maximum atomic E-state index is 11.7. The molecule has 142 valence electrons. The van der Waals surface area contributed by atoms with Crippen LogP contribution in [0.2, 0.25) is 10.2 Å².